The molecule has 2 fully saturated rings. The Labute approximate surface area is 99.3 Å². The summed E-state index contributed by atoms with van der Waals surface area (Å²) in [6, 6.07) is 0.375. The average molecular weight is 226 g/mol. The predicted molar refractivity (Wildman–Crippen MR) is 66.4 cm³/mol. The molecule has 3 nitrogen and oxygen atoms in total. The molecule has 0 radical (unpaired) electrons. The summed E-state index contributed by atoms with van der Waals surface area (Å²) in [4.78, 5) is 2.58. The van der Waals surface area contributed by atoms with Gasteiger partial charge in [0, 0.05) is 19.2 Å². The zero-order valence-corrected chi connectivity index (χ0v) is 10.5. The van der Waals surface area contributed by atoms with E-state index in [1.807, 2.05) is 0 Å². The van der Waals surface area contributed by atoms with Gasteiger partial charge >= 0.3 is 0 Å². The number of hydrogen-bond donors (Lipinski definition) is 1. The molecule has 0 aromatic carbocycles. The van der Waals surface area contributed by atoms with Gasteiger partial charge in [-0.2, -0.15) is 0 Å². The summed E-state index contributed by atoms with van der Waals surface area (Å²) in [7, 11) is 0. The maximum absolute atomic E-state index is 5.95. The van der Waals surface area contributed by atoms with Gasteiger partial charge in [-0.05, 0) is 58.0 Å². The van der Waals surface area contributed by atoms with Crippen LogP contribution in [0.25, 0.3) is 0 Å². The molecule has 0 saturated carbocycles. The van der Waals surface area contributed by atoms with Gasteiger partial charge in [-0.1, -0.05) is 0 Å². The zero-order valence-electron chi connectivity index (χ0n) is 10.5. The SMILES string of the molecule is CC(N)C1CCN(CCC2CCCO2)CC1. The third-order valence-electron chi connectivity index (χ3n) is 4.17. The second-order valence-corrected chi connectivity index (χ2v) is 5.46. The summed E-state index contributed by atoms with van der Waals surface area (Å²) in [5, 5.41) is 0. The highest BCUT2D eigenvalue weighted by atomic mass is 16.5. The molecule has 3 heteroatoms. The average Bonchev–Trinajstić information content (AvgIpc) is 2.80. The normalized spacial score (nSPS) is 30.8. The van der Waals surface area contributed by atoms with Crippen molar-refractivity contribution in [3.8, 4) is 0 Å². The van der Waals surface area contributed by atoms with E-state index < -0.39 is 0 Å². The topological polar surface area (TPSA) is 38.5 Å². The first-order valence-electron chi connectivity index (χ1n) is 6.85. The number of hydrogen-bond acceptors (Lipinski definition) is 3. The number of ether oxygens (including phenoxy) is 1. The van der Waals surface area contributed by atoms with Crippen LogP contribution in [0.1, 0.15) is 39.0 Å². The van der Waals surface area contributed by atoms with Crippen LogP contribution in [0.4, 0.5) is 0 Å². The first kappa shape index (κ1) is 12.3. The molecule has 0 aromatic heterocycles. The van der Waals surface area contributed by atoms with Crippen molar-refractivity contribution in [2.75, 3.05) is 26.2 Å². The van der Waals surface area contributed by atoms with E-state index in [0.29, 0.717) is 12.1 Å². The van der Waals surface area contributed by atoms with Crippen LogP contribution in [-0.2, 0) is 4.74 Å². The first-order valence-corrected chi connectivity index (χ1v) is 6.85. The minimum Gasteiger partial charge on any atom is -0.378 e. The molecule has 2 heterocycles. The standard InChI is InChI=1S/C13H26N2O/c1-11(14)12-4-7-15(8-5-12)9-6-13-3-2-10-16-13/h11-13H,2-10,14H2,1H3. The second kappa shape index (κ2) is 5.99. The van der Waals surface area contributed by atoms with Crippen molar-refractivity contribution < 1.29 is 4.74 Å². The van der Waals surface area contributed by atoms with E-state index in [4.69, 9.17) is 10.5 Å². The Morgan fingerprint density at radius 3 is 2.62 bits per heavy atom. The lowest BCUT2D eigenvalue weighted by atomic mass is 9.91. The van der Waals surface area contributed by atoms with Crippen LogP contribution < -0.4 is 5.73 Å². The Kier molecular flexibility index (Phi) is 4.62. The summed E-state index contributed by atoms with van der Waals surface area (Å²) >= 11 is 0. The lowest BCUT2D eigenvalue weighted by Gasteiger charge is -2.34. The monoisotopic (exact) mass is 226 g/mol. The summed E-state index contributed by atoms with van der Waals surface area (Å²) in [5.41, 5.74) is 5.95. The van der Waals surface area contributed by atoms with Crippen molar-refractivity contribution in [3.05, 3.63) is 0 Å². The van der Waals surface area contributed by atoms with Crippen LogP contribution in [0, 0.1) is 5.92 Å². The van der Waals surface area contributed by atoms with Gasteiger partial charge in [-0.3, -0.25) is 0 Å². The van der Waals surface area contributed by atoms with Gasteiger partial charge in [0.25, 0.3) is 0 Å². The number of rotatable bonds is 4. The second-order valence-electron chi connectivity index (χ2n) is 5.46. The minimum atomic E-state index is 0.375. The van der Waals surface area contributed by atoms with Crippen LogP contribution in [0.3, 0.4) is 0 Å². The van der Waals surface area contributed by atoms with Crippen molar-refractivity contribution >= 4 is 0 Å². The van der Waals surface area contributed by atoms with Gasteiger partial charge in [0.2, 0.25) is 0 Å². The molecular weight excluding hydrogens is 200 g/mol. The van der Waals surface area contributed by atoms with E-state index in [1.165, 1.54) is 51.7 Å². The fourth-order valence-corrected chi connectivity index (χ4v) is 2.90. The van der Waals surface area contributed by atoms with E-state index >= 15 is 0 Å². The molecule has 0 aromatic rings. The maximum atomic E-state index is 5.95. The molecule has 94 valence electrons. The summed E-state index contributed by atoms with van der Waals surface area (Å²) in [5.74, 6) is 0.749. The Morgan fingerprint density at radius 1 is 1.31 bits per heavy atom. The van der Waals surface area contributed by atoms with E-state index in [2.05, 4.69) is 11.8 Å². The molecule has 16 heavy (non-hydrogen) atoms. The van der Waals surface area contributed by atoms with Crippen LogP contribution >= 0.6 is 0 Å². The molecule has 0 aliphatic carbocycles. The fraction of sp³-hybridized carbons (Fsp3) is 1.00. The van der Waals surface area contributed by atoms with Crippen molar-refractivity contribution in [1.82, 2.24) is 4.90 Å². The number of nitrogens with zero attached hydrogens (tertiary/aromatic N) is 1. The molecule has 0 bridgehead atoms. The van der Waals surface area contributed by atoms with E-state index in [1.54, 1.807) is 0 Å². The van der Waals surface area contributed by atoms with Crippen LogP contribution in [0.2, 0.25) is 0 Å². The number of nitrogens with two attached hydrogens (primary N) is 1. The largest absolute Gasteiger partial charge is 0.378 e. The lowest BCUT2D eigenvalue weighted by molar-refractivity contribution is 0.0839. The highest BCUT2D eigenvalue weighted by Gasteiger charge is 2.23. The Hall–Kier alpha value is -0.120. The molecule has 2 atom stereocenters. The van der Waals surface area contributed by atoms with Crippen molar-refractivity contribution in [3.63, 3.8) is 0 Å². The van der Waals surface area contributed by atoms with Crippen molar-refractivity contribution in [2.45, 2.75) is 51.2 Å². The maximum Gasteiger partial charge on any atom is 0.0588 e. The van der Waals surface area contributed by atoms with Crippen molar-refractivity contribution in [1.29, 1.82) is 0 Å². The summed E-state index contributed by atoms with van der Waals surface area (Å²) < 4.78 is 5.66. The summed E-state index contributed by atoms with van der Waals surface area (Å²) in [6.45, 7) is 6.82. The van der Waals surface area contributed by atoms with Crippen molar-refractivity contribution in [2.24, 2.45) is 11.7 Å². The van der Waals surface area contributed by atoms with Gasteiger partial charge in [-0.15, -0.1) is 0 Å². The molecule has 0 amide bonds. The molecule has 2 N–H and O–H groups in total. The molecule has 0 spiro atoms. The Balaban J connectivity index is 1.61. The van der Waals surface area contributed by atoms with Gasteiger partial charge in [0.15, 0.2) is 0 Å². The number of piperidine rings is 1. The first-order chi connectivity index (χ1) is 7.75. The minimum absolute atomic E-state index is 0.375. The highest BCUT2D eigenvalue weighted by molar-refractivity contribution is 4.78. The molecule has 2 rings (SSSR count). The van der Waals surface area contributed by atoms with Gasteiger partial charge in [0.05, 0.1) is 6.10 Å². The van der Waals surface area contributed by atoms with Gasteiger partial charge in [0.1, 0.15) is 0 Å². The number of likely N-dealkylation sites (tertiary alicyclic amines) is 1. The van der Waals surface area contributed by atoms with Gasteiger partial charge in [-0.25, -0.2) is 0 Å². The fourth-order valence-electron chi connectivity index (χ4n) is 2.90. The highest BCUT2D eigenvalue weighted by Crippen LogP contribution is 2.21. The molecule has 2 aliphatic heterocycles. The van der Waals surface area contributed by atoms with E-state index in [-0.39, 0.29) is 0 Å². The predicted octanol–water partition coefficient (Wildman–Crippen LogP) is 1.61. The van der Waals surface area contributed by atoms with Gasteiger partial charge < -0.3 is 15.4 Å². The Bertz CT molecular complexity index is 194. The van der Waals surface area contributed by atoms with E-state index in [0.717, 1.165) is 12.5 Å². The molecule has 2 saturated heterocycles. The van der Waals surface area contributed by atoms with Crippen LogP contribution in [0.15, 0.2) is 0 Å². The van der Waals surface area contributed by atoms with Crippen LogP contribution in [-0.4, -0.2) is 43.3 Å². The Morgan fingerprint density at radius 2 is 2.06 bits per heavy atom. The molecular formula is C13H26N2O. The zero-order chi connectivity index (χ0) is 11.4. The van der Waals surface area contributed by atoms with E-state index in [9.17, 15) is 0 Å². The molecule has 2 aliphatic rings. The summed E-state index contributed by atoms with van der Waals surface area (Å²) in [6.07, 6.45) is 6.87. The smallest absolute Gasteiger partial charge is 0.0588 e. The third kappa shape index (κ3) is 3.44. The van der Waals surface area contributed by atoms with Crippen LogP contribution in [0.5, 0.6) is 0 Å². The quantitative estimate of drug-likeness (QED) is 0.791. The lowest BCUT2D eigenvalue weighted by Crippen LogP contribution is -2.40. The molecule has 2 unspecified atom stereocenters. The third-order valence-corrected chi connectivity index (χ3v) is 4.17.